The maximum Gasteiger partial charge on any atom is 0.316 e. The van der Waals surface area contributed by atoms with Gasteiger partial charge >= 0.3 is 5.56 Å². The minimum Gasteiger partial charge on any atom is -0.481 e. The zero-order valence-corrected chi connectivity index (χ0v) is 19.0. The first-order chi connectivity index (χ1) is 16.0. The molecule has 2 aromatic carbocycles. The molecule has 0 amide bonds. The normalized spacial score (nSPS) is 17.2. The zero-order valence-electron chi connectivity index (χ0n) is 18.2. The molecule has 0 N–H and O–H groups in total. The minimum atomic E-state index is -3.21. The van der Waals surface area contributed by atoms with Crippen molar-refractivity contribution in [3.8, 4) is 11.4 Å². The summed E-state index contributed by atoms with van der Waals surface area (Å²) in [5, 5.41) is 4.18. The zero-order chi connectivity index (χ0) is 22.8. The molecule has 0 spiro atoms. The molecule has 1 aromatic heterocycles. The maximum absolute atomic E-state index is 13.4. The van der Waals surface area contributed by atoms with Gasteiger partial charge in [0.05, 0.1) is 17.1 Å². The second-order valence-electron chi connectivity index (χ2n) is 8.32. The van der Waals surface area contributed by atoms with E-state index in [1.54, 1.807) is 10.5 Å². The fourth-order valence-corrected chi connectivity index (χ4v) is 5.86. The summed E-state index contributed by atoms with van der Waals surface area (Å²) < 4.78 is 34.1. The molecule has 0 radical (unpaired) electrons. The first-order valence-corrected chi connectivity index (χ1v) is 12.6. The maximum atomic E-state index is 13.4. The van der Waals surface area contributed by atoms with E-state index in [9.17, 15) is 13.2 Å². The van der Waals surface area contributed by atoms with Crippen molar-refractivity contribution in [2.75, 3.05) is 31.1 Å². The van der Waals surface area contributed by atoms with Crippen LogP contribution in [0.2, 0.25) is 0 Å². The van der Waals surface area contributed by atoms with Gasteiger partial charge in [0.25, 0.3) is 0 Å². The average Bonchev–Trinajstić information content (AvgIpc) is 3.71. The molecule has 2 heterocycles. The van der Waals surface area contributed by atoms with Crippen molar-refractivity contribution >= 4 is 15.7 Å². The second-order valence-corrected chi connectivity index (χ2v) is 10.5. The van der Waals surface area contributed by atoms with Crippen LogP contribution in [-0.4, -0.2) is 53.9 Å². The number of hydrogen-bond acceptors (Lipinski definition) is 6. The van der Waals surface area contributed by atoms with E-state index in [4.69, 9.17) is 4.74 Å². The number of aromatic nitrogens is 2. The van der Waals surface area contributed by atoms with E-state index in [-0.39, 0.29) is 23.2 Å². The summed E-state index contributed by atoms with van der Waals surface area (Å²) in [6, 6.07) is 18.9. The lowest BCUT2D eigenvalue weighted by atomic mass is 10.2. The minimum absolute atomic E-state index is 0.217. The smallest absolute Gasteiger partial charge is 0.316 e. The van der Waals surface area contributed by atoms with Crippen LogP contribution in [0.1, 0.15) is 18.4 Å². The SMILES string of the molecule is O=c1c(OCc2ccccc2)c(N2CCN(S(=O)(=O)C3CC3)CC2)cnn1-c1ccccc1. The highest BCUT2D eigenvalue weighted by Crippen LogP contribution is 2.32. The van der Waals surface area contributed by atoms with Crippen LogP contribution in [0.15, 0.2) is 71.7 Å². The predicted octanol–water partition coefficient (Wildman–Crippen LogP) is 2.43. The lowest BCUT2D eigenvalue weighted by Gasteiger charge is -2.35. The van der Waals surface area contributed by atoms with Crippen LogP contribution >= 0.6 is 0 Å². The number of para-hydroxylation sites is 1. The van der Waals surface area contributed by atoms with Gasteiger partial charge in [-0.25, -0.2) is 8.42 Å². The molecule has 1 saturated heterocycles. The van der Waals surface area contributed by atoms with Gasteiger partial charge in [-0.15, -0.1) is 0 Å². The van der Waals surface area contributed by atoms with E-state index < -0.39 is 10.0 Å². The van der Waals surface area contributed by atoms with E-state index in [0.29, 0.717) is 37.6 Å². The van der Waals surface area contributed by atoms with Crippen LogP contribution < -0.4 is 15.2 Å². The molecule has 2 aliphatic rings. The van der Waals surface area contributed by atoms with Crippen molar-refractivity contribution in [2.45, 2.75) is 24.7 Å². The summed E-state index contributed by atoms with van der Waals surface area (Å²) >= 11 is 0. The van der Waals surface area contributed by atoms with Gasteiger partial charge < -0.3 is 9.64 Å². The lowest BCUT2D eigenvalue weighted by Crippen LogP contribution is -2.50. The van der Waals surface area contributed by atoms with Crippen LogP contribution in [0.3, 0.4) is 0 Å². The van der Waals surface area contributed by atoms with Crippen molar-refractivity contribution in [3.05, 3.63) is 82.8 Å². The van der Waals surface area contributed by atoms with Crippen molar-refractivity contribution in [2.24, 2.45) is 0 Å². The summed E-state index contributed by atoms with van der Waals surface area (Å²) in [4.78, 5) is 15.4. The average molecular weight is 467 g/mol. The van der Waals surface area contributed by atoms with Crippen molar-refractivity contribution < 1.29 is 13.2 Å². The topological polar surface area (TPSA) is 84.7 Å². The number of piperazine rings is 1. The molecule has 1 saturated carbocycles. The number of sulfonamides is 1. The Labute approximate surface area is 193 Å². The van der Waals surface area contributed by atoms with Crippen molar-refractivity contribution in [3.63, 3.8) is 0 Å². The molecule has 5 rings (SSSR count). The lowest BCUT2D eigenvalue weighted by molar-refractivity contribution is 0.297. The van der Waals surface area contributed by atoms with Gasteiger partial charge in [0, 0.05) is 26.2 Å². The van der Waals surface area contributed by atoms with Crippen molar-refractivity contribution in [1.29, 1.82) is 0 Å². The molecule has 9 heteroatoms. The molecular weight excluding hydrogens is 440 g/mol. The Morgan fingerprint density at radius 1 is 0.909 bits per heavy atom. The summed E-state index contributed by atoms with van der Waals surface area (Å²) in [7, 11) is -3.21. The predicted molar refractivity (Wildman–Crippen MR) is 126 cm³/mol. The van der Waals surface area contributed by atoms with Gasteiger partial charge in [0.2, 0.25) is 15.8 Å². The fourth-order valence-electron chi connectivity index (χ4n) is 4.03. The third kappa shape index (κ3) is 4.51. The highest BCUT2D eigenvalue weighted by molar-refractivity contribution is 7.90. The third-order valence-electron chi connectivity index (χ3n) is 6.03. The molecule has 2 fully saturated rings. The monoisotopic (exact) mass is 466 g/mol. The summed E-state index contributed by atoms with van der Waals surface area (Å²) in [6.07, 6.45) is 3.14. The summed E-state index contributed by atoms with van der Waals surface area (Å²) in [5.74, 6) is 0.219. The van der Waals surface area contributed by atoms with Gasteiger partial charge in [0.1, 0.15) is 12.3 Å². The largest absolute Gasteiger partial charge is 0.481 e. The van der Waals surface area contributed by atoms with Gasteiger partial charge in [-0.2, -0.15) is 14.1 Å². The molecule has 33 heavy (non-hydrogen) atoms. The Morgan fingerprint density at radius 2 is 1.55 bits per heavy atom. The van der Waals surface area contributed by atoms with Gasteiger partial charge in [-0.1, -0.05) is 48.5 Å². The van der Waals surface area contributed by atoms with E-state index in [2.05, 4.69) is 5.10 Å². The standard InChI is InChI=1S/C24H26N4O4S/c29-24-23(32-18-19-7-3-1-4-8-19)22(17-25-28(24)20-9-5-2-6-10-20)26-13-15-27(16-14-26)33(30,31)21-11-12-21/h1-10,17,21H,11-16,18H2. The number of anilines is 1. The summed E-state index contributed by atoms with van der Waals surface area (Å²) in [6.45, 7) is 1.98. The number of nitrogens with zero attached hydrogens (tertiary/aromatic N) is 4. The number of ether oxygens (including phenoxy) is 1. The van der Waals surface area contributed by atoms with Crippen LogP contribution in [0, 0.1) is 0 Å². The van der Waals surface area contributed by atoms with E-state index in [0.717, 1.165) is 18.4 Å². The molecule has 0 atom stereocenters. The second kappa shape index (κ2) is 8.99. The molecule has 1 aliphatic carbocycles. The molecule has 0 bridgehead atoms. The molecule has 172 valence electrons. The van der Waals surface area contributed by atoms with Crippen LogP contribution in [0.5, 0.6) is 5.75 Å². The molecule has 8 nitrogen and oxygen atoms in total. The van der Waals surface area contributed by atoms with Gasteiger partial charge in [0.15, 0.2) is 0 Å². The third-order valence-corrected chi connectivity index (χ3v) is 8.43. The van der Waals surface area contributed by atoms with Crippen molar-refractivity contribution in [1.82, 2.24) is 14.1 Å². The first-order valence-electron chi connectivity index (χ1n) is 11.1. The molecular formula is C24H26N4O4S. The quantitative estimate of drug-likeness (QED) is 0.532. The number of hydrogen-bond donors (Lipinski definition) is 0. The van der Waals surface area contributed by atoms with Crippen LogP contribution in [-0.2, 0) is 16.6 Å². The first kappa shape index (κ1) is 21.7. The number of rotatable bonds is 7. The molecule has 0 unspecified atom stereocenters. The Bertz CT molecular complexity index is 1270. The van der Waals surface area contributed by atoms with Gasteiger partial charge in [-0.3, -0.25) is 4.79 Å². The fraction of sp³-hybridized carbons (Fsp3) is 0.333. The van der Waals surface area contributed by atoms with E-state index >= 15 is 0 Å². The van der Waals surface area contributed by atoms with Gasteiger partial charge in [-0.05, 0) is 30.5 Å². The Morgan fingerprint density at radius 3 is 2.18 bits per heavy atom. The highest BCUT2D eigenvalue weighted by Gasteiger charge is 2.41. The van der Waals surface area contributed by atoms with Crippen LogP contribution in [0.25, 0.3) is 5.69 Å². The summed E-state index contributed by atoms with van der Waals surface area (Å²) in [5.41, 5.74) is 1.85. The molecule has 1 aliphatic heterocycles. The number of benzene rings is 2. The highest BCUT2D eigenvalue weighted by atomic mass is 32.2. The van der Waals surface area contributed by atoms with E-state index in [1.165, 1.54) is 4.68 Å². The Balaban J connectivity index is 1.43. The Hall–Kier alpha value is -3.17. The molecule has 3 aromatic rings. The van der Waals surface area contributed by atoms with E-state index in [1.807, 2.05) is 65.6 Å². The van der Waals surface area contributed by atoms with Crippen LogP contribution in [0.4, 0.5) is 5.69 Å². The Kier molecular flexibility index (Phi) is 5.90.